The molecular formula is C21H25N3O4S. The molecule has 1 fully saturated rings. The molecule has 3 rings (SSSR count). The highest BCUT2D eigenvalue weighted by Gasteiger charge is 2.35. The first kappa shape index (κ1) is 20.9. The molecule has 1 saturated heterocycles. The molecule has 0 spiro atoms. The van der Waals surface area contributed by atoms with E-state index in [1.807, 2.05) is 32.9 Å². The third kappa shape index (κ3) is 4.95. The lowest BCUT2D eigenvalue weighted by Gasteiger charge is -2.20. The summed E-state index contributed by atoms with van der Waals surface area (Å²) in [4.78, 5) is 26.2. The maximum atomic E-state index is 12.5. The van der Waals surface area contributed by atoms with Gasteiger partial charge in [0.25, 0.3) is 10.0 Å². The zero-order valence-corrected chi connectivity index (χ0v) is 17.5. The van der Waals surface area contributed by atoms with E-state index < -0.39 is 15.9 Å². The van der Waals surface area contributed by atoms with Crippen molar-refractivity contribution in [2.75, 3.05) is 16.6 Å². The van der Waals surface area contributed by atoms with Crippen LogP contribution in [0.1, 0.15) is 25.8 Å². The number of hydrogen-bond acceptors (Lipinski definition) is 4. The van der Waals surface area contributed by atoms with Gasteiger partial charge in [0.2, 0.25) is 11.8 Å². The van der Waals surface area contributed by atoms with E-state index in [2.05, 4.69) is 10.0 Å². The van der Waals surface area contributed by atoms with Crippen LogP contribution in [0, 0.1) is 12.8 Å². The molecule has 0 bridgehead atoms. The Morgan fingerprint density at radius 2 is 1.62 bits per heavy atom. The van der Waals surface area contributed by atoms with E-state index in [1.54, 1.807) is 29.2 Å². The van der Waals surface area contributed by atoms with Crippen LogP contribution in [-0.4, -0.2) is 37.7 Å². The number of nitrogens with zero attached hydrogens (tertiary/aromatic N) is 1. The minimum atomic E-state index is -3.73. The summed E-state index contributed by atoms with van der Waals surface area (Å²) in [5, 5.41) is 2.77. The van der Waals surface area contributed by atoms with E-state index in [0.717, 1.165) is 5.56 Å². The van der Waals surface area contributed by atoms with Crippen LogP contribution in [0.2, 0.25) is 0 Å². The summed E-state index contributed by atoms with van der Waals surface area (Å²) in [6, 6.07) is 13.1. The fraction of sp³-hybridized carbons (Fsp3) is 0.333. The highest BCUT2D eigenvalue weighted by atomic mass is 32.2. The minimum absolute atomic E-state index is 0.0243. The van der Waals surface area contributed by atoms with Crippen molar-refractivity contribution in [2.24, 2.45) is 5.92 Å². The van der Waals surface area contributed by atoms with E-state index in [9.17, 15) is 18.0 Å². The summed E-state index contributed by atoms with van der Waals surface area (Å²) in [5.41, 5.74) is 2.00. The van der Waals surface area contributed by atoms with Crippen molar-refractivity contribution < 1.29 is 18.0 Å². The van der Waals surface area contributed by atoms with Crippen molar-refractivity contribution in [1.29, 1.82) is 0 Å². The highest BCUT2D eigenvalue weighted by molar-refractivity contribution is 7.92. The number of amides is 2. The third-order valence-electron chi connectivity index (χ3n) is 4.89. The molecule has 2 aromatic rings. The van der Waals surface area contributed by atoms with Crippen LogP contribution in [0.25, 0.3) is 0 Å². The van der Waals surface area contributed by atoms with Gasteiger partial charge in [-0.1, -0.05) is 17.7 Å². The Morgan fingerprint density at radius 3 is 2.17 bits per heavy atom. The van der Waals surface area contributed by atoms with Crippen LogP contribution in [-0.2, 0) is 19.6 Å². The summed E-state index contributed by atoms with van der Waals surface area (Å²) >= 11 is 0. The zero-order valence-electron chi connectivity index (χ0n) is 16.7. The summed E-state index contributed by atoms with van der Waals surface area (Å²) in [6.45, 7) is 6.16. The quantitative estimate of drug-likeness (QED) is 0.758. The molecule has 7 nitrogen and oxygen atoms in total. The molecule has 0 saturated carbocycles. The van der Waals surface area contributed by atoms with E-state index in [-0.39, 0.29) is 29.2 Å². The Labute approximate surface area is 171 Å². The first-order valence-electron chi connectivity index (χ1n) is 9.45. The van der Waals surface area contributed by atoms with Crippen LogP contribution in [0.4, 0.5) is 11.4 Å². The van der Waals surface area contributed by atoms with E-state index >= 15 is 0 Å². The van der Waals surface area contributed by atoms with Gasteiger partial charge in [0, 0.05) is 30.4 Å². The van der Waals surface area contributed by atoms with Gasteiger partial charge in [0.05, 0.1) is 10.8 Å². The van der Waals surface area contributed by atoms with Crippen molar-refractivity contribution in [2.45, 2.75) is 38.1 Å². The molecule has 8 heteroatoms. The topological polar surface area (TPSA) is 95.6 Å². The van der Waals surface area contributed by atoms with Crippen LogP contribution in [0.5, 0.6) is 0 Å². The molecule has 0 aliphatic carbocycles. The maximum Gasteiger partial charge on any atom is 0.261 e. The van der Waals surface area contributed by atoms with Gasteiger partial charge in [-0.2, -0.15) is 0 Å². The molecule has 1 atom stereocenters. The molecule has 0 aromatic heterocycles. The molecule has 0 unspecified atom stereocenters. The molecule has 2 N–H and O–H groups in total. The number of carbonyl (C=O) groups is 2. The minimum Gasteiger partial charge on any atom is -0.339 e. The number of hydrogen-bond donors (Lipinski definition) is 2. The number of carbonyl (C=O) groups excluding carboxylic acids is 2. The molecule has 2 amide bonds. The number of sulfonamides is 1. The molecular weight excluding hydrogens is 390 g/mol. The molecule has 2 aromatic carbocycles. The summed E-state index contributed by atoms with van der Waals surface area (Å²) < 4.78 is 27.6. The smallest absolute Gasteiger partial charge is 0.261 e. The molecule has 29 heavy (non-hydrogen) atoms. The van der Waals surface area contributed by atoms with Crippen molar-refractivity contribution in [3.05, 3.63) is 54.1 Å². The van der Waals surface area contributed by atoms with Gasteiger partial charge in [-0.05, 0) is 57.2 Å². The number of nitrogens with one attached hydrogen (secondary N) is 2. The Kier molecular flexibility index (Phi) is 5.93. The largest absolute Gasteiger partial charge is 0.339 e. The number of rotatable bonds is 6. The van der Waals surface area contributed by atoms with Gasteiger partial charge in [0.1, 0.15) is 0 Å². The summed E-state index contributed by atoms with van der Waals surface area (Å²) in [7, 11) is -3.73. The SMILES string of the molecule is Cc1ccc(NS(=O)(=O)c2ccc(NC(=O)[C@H]3CC(=O)N(C(C)C)C3)cc2)cc1. The van der Waals surface area contributed by atoms with Gasteiger partial charge in [0.15, 0.2) is 0 Å². The standard InChI is InChI=1S/C21H25N3O4S/c1-14(2)24-13-16(12-20(24)25)21(26)22-17-8-10-19(11-9-17)29(27,28)23-18-6-4-15(3)5-7-18/h4-11,14,16,23H,12-13H2,1-3H3,(H,22,26)/t16-/m0/s1. The third-order valence-corrected chi connectivity index (χ3v) is 6.29. The molecule has 1 aliphatic rings. The van der Waals surface area contributed by atoms with Gasteiger partial charge in [-0.15, -0.1) is 0 Å². The molecule has 1 heterocycles. The lowest BCUT2D eigenvalue weighted by Crippen LogP contribution is -2.33. The molecule has 154 valence electrons. The van der Waals surface area contributed by atoms with Crippen LogP contribution in [0.3, 0.4) is 0 Å². The first-order chi connectivity index (χ1) is 13.7. The Hall–Kier alpha value is -2.87. The average molecular weight is 416 g/mol. The van der Waals surface area contributed by atoms with Gasteiger partial charge >= 0.3 is 0 Å². The lowest BCUT2D eigenvalue weighted by atomic mass is 10.1. The monoisotopic (exact) mass is 415 g/mol. The van der Waals surface area contributed by atoms with Crippen molar-refractivity contribution in [3.8, 4) is 0 Å². The van der Waals surface area contributed by atoms with Crippen molar-refractivity contribution >= 4 is 33.2 Å². The predicted molar refractivity (Wildman–Crippen MR) is 112 cm³/mol. The van der Waals surface area contributed by atoms with Gasteiger partial charge in [-0.3, -0.25) is 14.3 Å². The number of likely N-dealkylation sites (tertiary alicyclic amines) is 1. The number of aryl methyl sites for hydroxylation is 1. The predicted octanol–water partition coefficient (Wildman–Crippen LogP) is 2.99. The number of anilines is 2. The second kappa shape index (κ2) is 8.24. The zero-order chi connectivity index (χ0) is 21.2. The van der Waals surface area contributed by atoms with Crippen LogP contribution in [0.15, 0.2) is 53.4 Å². The van der Waals surface area contributed by atoms with E-state index in [0.29, 0.717) is 17.9 Å². The van der Waals surface area contributed by atoms with Gasteiger partial charge in [-0.25, -0.2) is 8.42 Å². The fourth-order valence-electron chi connectivity index (χ4n) is 3.20. The van der Waals surface area contributed by atoms with Crippen molar-refractivity contribution in [1.82, 2.24) is 4.90 Å². The second-order valence-corrected chi connectivity index (χ2v) is 9.21. The summed E-state index contributed by atoms with van der Waals surface area (Å²) in [5.74, 6) is -0.671. The maximum absolute atomic E-state index is 12.5. The Balaban J connectivity index is 1.64. The normalized spacial score (nSPS) is 16.9. The summed E-state index contributed by atoms with van der Waals surface area (Å²) in [6.07, 6.45) is 0.191. The Morgan fingerprint density at radius 1 is 1.03 bits per heavy atom. The van der Waals surface area contributed by atoms with E-state index in [1.165, 1.54) is 12.1 Å². The second-order valence-electron chi connectivity index (χ2n) is 7.53. The average Bonchev–Trinajstić information content (AvgIpc) is 3.06. The van der Waals surface area contributed by atoms with Crippen LogP contribution >= 0.6 is 0 Å². The molecule has 1 aliphatic heterocycles. The molecule has 0 radical (unpaired) electrons. The van der Waals surface area contributed by atoms with Crippen molar-refractivity contribution in [3.63, 3.8) is 0 Å². The first-order valence-corrected chi connectivity index (χ1v) is 10.9. The lowest BCUT2D eigenvalue weighted by molar-refractivity contribution is -0.129. The highest BCUT2D eigenvalue weighted by Crippen LogP contribution is 2.23. The van der Waals surface area contributed by atoms with E-state index in [4.69, 9.17) is 0 Å². The fourth-order valence-corrected chi connectivity index (χ4v) is 4.26. The van der Waals surface area contributed by atoms with Gasteiger partial charge < -0.3 is 10.2 Å². The van der Waals surface area contributed by atoms with Crippen LogP contribution < -0.4 is 10.0 Å². The Bertz CT molecular complexity index is 999. The number of benzene rings is 2.